The number of nitrogens with zero attached hydrogens (tertiary/aromatic N) is 2. The van der Waals surface area contributed by atoms with Crippen LogP contribution in [-0.4, -0.2) is 41.9 Å². The molecule has 1 fully saturated rings. The Morgan fingerprint density at radius 3 is 1.93 bits per heavy atom. The molecule has 3 nitrogen and oxygen atoms in total. The normalized spacial score (nSPS) is 15.8. The lowest BCUT2D eigenvalue weighted by atomic mass is 9.96. The van der Waals surface area contributed by atoms with Crippen LogP contribution in [-0.2, 0) is 0 Å². The van der Waals surface area contributed by atoms with Gasteiger partial charge in [-0.15, -0.1) is 0 Å². The molecule has 1 aliphatic rings. The largest absolute Gasteiger partial charge is 0.336 e. The van der Waals surface area contributed by atoms with E-state index in [9.17, 15) is 9.18 Å². The molecule has 0 saturated carbocycles. The Balaban J connectivity index is 1.54. The van der Waals surface area contributed by atoms with Crippen molar-refractivity contribution in [3.8, 4) is 0 Å². The Morgan fingerprint density at radius 1 is 0.767 bits per heavy atom. The van der Waals surface area contributed by atoms with Gasteiger partial charge in [-0.1, -0.05) is 71.7 Å². The van der Waals surface area contributed by atoms with Gasteiger partial charge in [0.1, 0.15) is 5.82 Å². The van der Waals surface area contributed by atoms with Crippen molar-refractivity contribution in [1.82, 2.24) is 9.80 Å². The highest BCUT2D eigenvalue weighted by molar-refractivity contribution is 6.39. The molecule has 1 heterocycles. The van der Waals surface area contributed by atoms with Crippen LogP contribution in [0.25, 0.3) is 0 Å². The zero-order valence-electron chi connectivity index (χ0n) is 16.3. The standard InChI is InChI=1S/C24H21Cl2FN2O/c25-20-7-4-8-21(26)22(20)24(30)29-15-13-28(14-16-29)23(17-5-2-1-3-6-17)18-9-11-19(27)12-10-18/h1-12,23H,13-16H2. The van der Waals surface area contributed by atoms with Crippen molar-refractivity contribution in [1.29, 1.82) is 0 Å². The van der Waals surface area contributed by atoms with Gasteiger partial charge in [-0.2, -0.15) is 0 Å². The molecule has 0 bridgehead atoms. The SMILES string of the molecule is O=C(c1c(Cl)cccc1Cl)N1CCN(C(c2ccccc2)c2ccc(F)cc2)CC1. The van der Waals surface area contributed by atoms with Gasteiger partial charge < -0.3 is 4.90 Å². The highest BCUT2D eigenvalue weighted by atomic mass is 35.5. The van der Waals surface area contributed by atoms with E-state index >= 15 is 0 Å². The number of rotatable bonds is 4. The summed E-state index contributed by atoms with van der Waals surface area (Å²) in [5.41, 5.74) is 2.52. The molecular formula is C24H21Cl2FN2O. The Bertz CT molecular complexity index is 999. The summed E-state index contributed by atoms with van der Waals surface area (Å²) >= 11 is 12.4. The van der Waals surface area contributed by atoms with Crippen LogP contribution in [0.5, 0.6) is 0 Å². The van der Waals surface area contributed by atoms with Crippen molar-refractivity contribution in [2.75, 3.05) is 26.2 Å². The summed E-state index contributed by atoms with van der Waals surface area (Å²) in [4.78, 5) is 17.1. The molecule has 30 heavy (non-hydrogen) atoms. The molecule has 1 aliphatic heterocycles. The molecule has 0 aromatic heterocycles. The smallest absolute Gasteiger partial charge is 0.256 e. The molecule has 4 rings (SSSR count). The first-order chi connectivity index (χ1) is 14.5. The number of hydrogen-bond donors (Lipinski definition) is 0. The third-order valence-corrected chi connectivity index (χ3v) is 6.07. The van der Waals surface area contributed by atoms with Crippen LogP contribution < -0.4 is 0 Å². The predicted molar refractivity (Wildman–Crippen MR) is 119 cm³/mol. The van der Waals surface area contributed by atoms with Crippen LogP contribution in [0.2, 0.25) is 10.0 Å². The van der Waals surface area contributed by atoms with E-state index in [1.54, 1.807) is 23.1 Å². The van der Waals surface area contributed by atoms with Gasteiger partial charge in [0.15, 0.2) is 0 Å². The fourth-order valence-corrected chi connectivity index (χ4v) is 4.50. The Morgan fingerprint density at radius 2 is 1.33 bits per heavy atom. The van der Waals surface area contributed by atoms with Crippen LogP contribution in [0, 0.1) is 5.82 Å². The second kappa shape index (κ2) is 9.17. The minimum Gasteiger partial charge on any atom is -0.336 e. The Hall–Kier alpha value is -2.40. The first kappa shape index (κ1) is 20.9. The summed E-state index contributed by atoms with van der Waals surface area (Å²) in [6.07, 6.45) is 0. The highest BCUT2D eigenvalue weighted by Gasteiger charge is 2.30. The van der Waals surface area contributed by atoms with Crippen LogP contribution in [0.1, 0.15) is 27.5 Å². The fourth-order valence-electron chi connectivity index (χ4n) is 3.94. The average Bonchev–Trinajstić information content (AvgIpc) is 2.76. The number of halogens is 3. The van der Waals surface area contributed by atoms with Gasteiger partial charge in [0.05, 0.1) is 21.7 Å². The van der Waals surface area contributed by atoms with Gasteiger partial charge in [-0.25, -0.2) is 4.39 Å². The quantitative estimate of drug-likeness (QED) is 0.518. The molecule has 0 spiro atoms. The molecule has 0 aliphatic carbocycles. The van der Waals surface area contributed by atoms with Gasteiger partial charge in [0.2, 0.25) is 0 Å². The zero-order valence-corrected chi connectivity index (χ0v) is 17.8. The molecular weight excluding hydrogens is 422 g/mol. The maximum atomic E-state index is 13.5. The van der Waals surface area contributed by atoms with E-state index in [2.05, 4.69) is 17.0 Å². The molecule has 1 unspecified atom stereocenters. The predicted octanol–water partition coefficient (Wildman–Crippen LogP) is 5.68. The number of piperazine rings is 1. The molecule has 1 atom stereocenters. The Kier molecular flexibility index (Phi) is 6.38. The van der Waals surface area contributed by atoms with Crippen LogP contribution >= 0.6 is 23.2 Å². The van der Waals surface area contributed by atoms with Gasteiger partial charge in [0.25, 0.3) is 5.91 Å². The number of benzene rings is 3. The zero-order chi connectivity index (χ0) is 21.1. The molecule has 1 saturated heterocycles. The topological polar surface area (TPSA) is 23.6 Å². The lowest BCUT2D eigenvalue weighted by Crippen LogP contribution is -2.50. The number of amides is 1. The van der Waals surface area contributed by atoms with Crippen LogP contribution in [0.4, 0.5) is 4.39 Å². The van der Waals surface area contributed by atoms with E-state index in [0.29, 0.717) is 41.8 Å². The maximum Gasteiger partial charge on any atom is 0.256 e. The van der Waals surface area contributed by atoms with Crippen molar-refractivity contribution < 1.29 is 9.18 Å². The summed E-state index contributed by atoms with van der Waals surface area (Å²) < 4.78 is 13.5. The minimum absolute atomic E-state index is 0.00652. The average molecular weight is 443 g/mol. The van der Waals surface area contributed by atoms with E-state index in [4.69, 9.17) is 23.2 Å². The fraction of sp³-hybridized carbons (Fsp3) is 0.208. The Labute approximate surface area is 185 Å². The second-order valence-corrected chi connectivity index (χ2v) is 8.10. The van der Waals surface area contributed by atoms with Crippen molar-refractivity contribution >= 4 is 29.1 Å². The van der Waals surface area contributed by atoms with Crippen molar-refractivity contribution in [2.24, 2.45) is 0 Å². The van der Waals surface area contributed by atoms with E-state index in [1.807, 2.05) is 30.3 Å². The van der Waals surface area contributed by atoms with E-state index in [1.165, 1.54) is 12.1 Å². The molecule has 6 heteroatoms. The summed E-state index contributed by atoms with van der Waals surface area (Å²) in [6, 6.07) is 21.9. The molecule has 3 aromatic carbocycles. The van der Waals surface area contributed by atoms with Gasteiger partial charge >= 0.3 is 0 Å². The monoisotopic (exact) mass is 442 g/mol. The molecule has 0 N–H and O–H groups in total. The van der Waals surface area contributed by atoms with Crippen LogP contribution in [0.15, 0.2) is 72.8 Å². The second-order valence-electron chi connectivity index (χ2n) is 7.29. The van der Waals surface area contributed by atoms with Crippen molar-refractivity contribution in [2.45, 2.75) is 6.04 Å². The van der Waals surface area contributed by atoms with Gasteiger partial charge in [0, 0.05) is 26.2 Å². The minimum atomic E-state index is -0.252. The third kappa shape index (κ3) is 4.36. The van der Waals surface area contributed by atoms with Gasteiger partial charge in [-0.05, 0) is 35.4 Å². The number of hydrogen-bond acceptors (Lipinski definition) is 2. The van der Waals surface area contributed by atoms with Gasteiger partial charge in [-0.3, -0.25) is 9.69 Å². The number of carbonyl (C=O) groups is 1. The summed E-state index contributed by atoms with van der Waals surface area (Å²) in [7, 11) is 0. The van der Waals surface area contributed by atoms with E-state index < -0.39 is 0 Å². The lowest BCUT2D eigenvalue weighted by molar-refractivity contribution is 0.0597. The highest BCUT2D eigenvalue weighted by Crippen LogP contribution is 2.31. The molecule has 3 aromatic rings. The maximum absolute atomic E-state index is 13.5. The summed E-state index contributed by atoms with van der Waals surface area (Å²) in [6.45, 7) is 2.49. The van der Waals surface area contributed by atoms with Crippen LogP contribution in [0.3, 0.4) is 0 Å². The summed E-state index contributed by atoms with van der Waals surface area (Å²) in [5.74, 6) is -0.402. The molecule has 1 amide bonds. The number of carbonyl (C=O) groups excluding carboxylic acids is 1. The first-order valence-corrected chi connectivity index (χ1v) is 10.6. The van der Waals surface area contributed by atoms with Crippen molar-refractivity contribution in [3.63, 3.8) is 0 Å². The molecule has 154 valence electrons. The van der Waals surface area contributed by atoms with Crippen molar-refractivity contribution in [3.05, 3.63) is 105 Å². The van der Waals surface area contributed by atoms with E-state index in [0.717, 1.165) is 11.1 Å². The third-order valence-electron chi connectivity index (χ3n) is 5.44. The lowest BCUT2D eigenvalue weighted by Gasteiger charge is -2.40. The summed E-state index contributed by atoms with van der Waals surface area (Å²) in [5, 5.41) is 0.729. The van der Waals surface area contributed by atoms with E-state index in [-0.39, 0.29) is 17.8 Å². The first-order valence-electron chi connectivity index (χ1n) is 9.82. The molecule has 0 radical (unpaired) electrons.